The minimum Gasteiger partial charge on any atom is -0.323 e. The second-order valence-corrected chi connectivity index (χ2v) is 4.95. The van der Waals surface area contributed by atoms with E-state index in [1.54, 1.807) is 24.8 Å². The van der Waals surface area contributed by atoms with Gasteiger partial charge in [0, 0.05) is 18.8 Å². The van der Waals surface area contributed by atoms with Gasteiger partial charge >= 0.3 is 0 Å². The molecule has 0 saturated carbocycles. The second-order valence-electron chi connectivity index (χ2n) is 4.54. The lowest BCUT2D eigenvalue weighted by molar-refractivity contribution is -0.118. The molecule has 20 heavy (non-hydrogen) atoms. The molecule has 3 aromatic rings. The Morgan fingerprint density at radius 1 is 1.25 bits per heavy atom. The normalized spacial score (nSPS) is 10.8. The van der Waals surface area contributed by atoms with Gasteiger partial charge in [-0.25, -0.2) is 4.98 Å². The van der Waals surface area contributed by atoms with E-state index >= 15 is 0 Å². The van der Waals surface area contributed by atoms with Crippen molar-refractivity contribution < 1.29 is 4.79 Å². The fraction of sp³-hybridized carbons (Fsp3) is 0.133. The number of Topliss-reactive ketones (excluding diaryl/α,β-unsaturated/α-hetero) is 1. The summed E-state index contributed by atoms with van der Waals surface area (Å²) in [5.41, 5.74) is 2.65. The molecule has 1 aromatic carbocycles. The van der Waals surface area contributed by atoms with Gasteiger partial charge in [0.1, 0.15) is 0 Å². The zero-order chi connectivity index (χ0) is 13.9. The molecule has 0 aliphatic heterocycles. The molecule has 0 aliphatic carbocycles. The molecule has 0 amide bonds. The van der Waals surface area contributed by atoms with Gasteiger partial charge in [-0.3, -0.25) is 9.78 Å². The third kappa shape index (κ3) is 2.56. The van der Waals surface area contributed by atoms with Crippen molar-refractivity contribution in [1.82, 2.24) is 14.5 Å². The van der Waals surface area contributed by atoms with Crippen LogP contribution in [0.25, 0.3) is 11.0 Å². The largest absolute Gasteiger partial charge is 0.323 e. The van der Waals surface area contributed by atoms with Crippen LogP contribution in [0.4, 0.5) is 0 Å². The molecule has 0 aliphatic rings. The fourth-order valence-electron chi connectivity index (χ4n) is 2.14. The summed E-state index contributed by atoms with van der Waals surface area (Å²) < 4.78 is 1.85. The van der Waals surface area contributed by atoms with Gasteiger partial charge in [-0.15, -0.1) is 0 Å². The van der Waals surface area contributed by atoms with Gasteiger partial charge in [-0.2, -0.15) is 0 Å². The summed E-state index contributed by atoms with van der Waals surface area (Å²) in [5, 5.41) is 0.524. The van der Waals surface area contributed by atoms with Crippen molar-refractivity contribution in [2.75, 3.05) is 0 Å². The van der Waals surface area contributed by atoms with E-state index in [1.807, 2.05) is 28.8 Å². The molecule has 100 valence electrons. The average molecular weight is 286 g/mol. The van der Waals surface area contributed by atoms with Crippen molar-refractivity contribution in [2.24, 2.45) is 0 Å². The molecule has 0 radical (unpaired) electrons. The van der Waals surface area contributed by atoms with Crippen molar-refractivity contribution in [1.29, 1.82) is 0 Å². The van der Waals surface area contributed by atoms with E-state index in [1.165, 1.54) is 0 Å². The van der Waals surface area contributed by atoms with Gasteiger partial charge in [0.25, 0.3) is 0 Å². The standard InChI is InChI=1S/C15H12ClN3O/c16-13-8-17-6-5-11(13)7-12(20)9-19-10-18-14-3-1-2-4-15(14)19/h1-6,8,10H,7,9H2. The number of rotatable bonds is 4. The zero-order valence-electron chi connectivity index (χ0n) is 10.7. The minimum atomic E-state index is 0.0845. The number of halogens is 1. The molecule has 0 atom stereocenters. The quantitative estimate of drug-likeness (QED) is 0.740. The summed E-state index contributed by atoms with van der Waals surface area (Å²) in [7, 11) is 0. The molecule has 4 nitrogen and oxygen atoms in total. The Labute approximate surface area is 121 Å². The smallest absolute Gasteiger partial charge is 0.156 e. The first-order valence-corrected chi connectivity index (χ1v) is 6.62. The molecular weight excluding hydrogens is 274 g/mol. The molecule has 3 rings (SSSR count). The van der Waals surface area contributed by atoms with Crippen LogP contribution < -0.4 is 0 Å². The molecule has 0 fully saturated rings. The van der Waals surface area contributed by atoms with Crippen LogP contribution in [0.2, 0.25) is 5.02 Å². The van der Waals surface area contributed by atoms with Crippen LogP contribution in [-0.4, -0.2) is 20.3 Å². The van der Waals surface area contributed by atoms with Gasteiger partial charge in [-0.1, -0.05) is 23.7 Å². The van der Waals surface area contributed by atoms with Gasteiger partial charge in [0.05, 0.1) is 28.9 Å². The maximum atomic E-state index is 12.1. The topological polar surface area (TPSA) is 47.8 Å². The van der Waals surface area contributed by atoms with Crippen LogP contribution >= 0.6 is 11.6 Å². The van der Waals surface area contributed by atoms with Crippen LogP contribution in [0.5, 0.6) is 0 Å². The Morgan fingerprint density at radius 2 is 2.10 bits per heavy atom. The molecular formula is C15H12ClN3O. The summed E-state index contributed by atoms with van der Waals surface area (Å²) in [4.78, 5) is 20.3. The van der Waals surface area contributed by atoms with Gasteiger partial charge in [0.15, 0.2) is 5.78 Å². The number of hydrogen-bond donors (Lipinski definition) is 0. The number of carbonyl (C=O) groups excluding carboxylic acids is 1. The van der Waals surface area contributed by atoms with Crippen molar-refractivity contribution in [3.05, 3.63) is 59.6 Å². The molecule has 0 saturated heterocycles. The van der Waals surface area contributed by atoms with E-state index in [0.29, 0.717) is 18.0 Å². The number of benzene rings is 1. The van der Waals surface area contributed by atoms with Crippen LogP contribution in [-0.2, 0) is 17.8 Å². The number of nitrogens with zero attached hydrogens (tertiary/aromatic N) is 3. The molecule has 0 bridgehead atoms. The summed E-state index contributed by atoms with van der Waals surface area (Å²) in [5.74, 6) is 0.0845. The van der Waals surface area contributed by atoms with Crippen LogP contribution in [0.15, 0.2) is 49.1 Å². The highest BCUT2D eigenvalue weighted by molar-refractivity contribution is 6.31. The predicted molar refractivity (Wildman–Crippen MR) is 77.7 cm³/mol. The summed E-state index contributed by atoms with van der Waals surface area (Å²) in [6.07, 6.45) is 5.18. The molecule has 0 spiro atoms. The number of carbonyl (C=O) groups is 1. The first-order chi connectivity index (χ1) is 9.74. The molecule has 0 N–H and O–H groups in total. The summed E-state index contributed by atoms with van der Waals surface area (Å²) >= 11 is 6.01. The first-order valence-electron chi connectivity index (χ1n) is 6.24. The number of ketones is 1. The lowest BCUT2D eigenvalue weighted by Gasteiger charge is -2.05. The fourth-order valence-corrected chi connectivity index (χ4v) is 2.33. The van der Waals surface area contributed by atoms with Crippen molar-refractivity contribution in [2.45, 2.75) is 13.0 Å². The highest BCUT2D eigenvalue weighted by Gasteiger charge is 2.10. The van der Waals surface area contributed by atoms with E-state index in [0.717, 1.165) is 16.6 Å². The molecule has 5 heteroatoms. The van der Waals surface area contributed by atoms with Crippen molar-refractivity contribution in [3.8, 4) is 0 Å². The number of imidazole rings is 1. The van der Waals surface area contributed by atoms with E-state index in [2.05, 4.69) is 9.97 Å². The maximum Gasteiger partial charge on any atom is 0.156 e. The third-order valence-corrected chi connectivity index (χ3v) is 3.46. The average Bonchev–Trinajstić information content (AvgIpc) is 2.85. The van der Waals surface area contributed by atoms with Crippen LogP contribution in [0, 0.1) is 0 Å². The Bertz CT molecular complexity index is 766. The predicted octanol–water partition coefficient (Wildman–Crippen LogP) is 2.90. The molecule has 0 unspecified atom stereocenters. The summed E-state index contributed by atoms with van der Waals surface area (Å²) in [6.45, 7) is 0.291. The highest BCUT2D eigenvalue weighted by atomic mass is 35.5. The number of fused-ring (bicyclic) bond motifs is 1. The van der Waals surface area contributed by atoms with E-state index in [4.69, 9.17) is 11.6 Å². The maximum absolute atomic E-state index is 12.1. The van der Waals surface area contributed by atoms with Gasteiger partial charge in [0.2, 0.25) is 0 Å². The third-order valence-electron chi connectivity index (χ3n) is 3.12. The number of aromatic nitrogens is 3. The Morgan fingerprint density at radius 3 is 2.95 bits per heavy atom. The lowest BCUT2D eigenvalue weighted by atomic mass is 10.1. The zero-order valence-corrected chi connectivity index (χ0v) is 11.4. The Hall–Kier alpha value is -2.20. The molecule has 2 aromatic heterocycles. The highest BCUT2D eigenvalue weighted by Crippen LogP contribution is 2.16. The van der Waals surface area contributed by atoms with Gasteiger partial charge < -0.3 is 4.57 Å². The SMILES string of the molecule is O=C(Cc1ccncc1Cl)Cn1cnc2ccccc21. The van der Waals surface area contributed by atoms with E-state index in [9.17, 15) is 4.79 Å². The lowest BCUT2D eigenvalue weighted by Crippen LogP contribution is -2.12. The van der Waals surface area contributed by atoms with Crippen LogP contribution in [0.3, 0.4) is 0 Å². The minimum absolute atomic E-state index is 0.0845. The first kappa shape index (κ1) is 12.8. The summed E-state index contributed by atoms with van der Waals surface area (Å²) in [6, 6.07) is 9.51. The van der Waals surface area contributed by atoms with Gasteiger partial charge in [-0.05, 0) is 23.8 Å². The monoisotopic (exact) mass is 285 g/mol. The van der Waals surface area contributed by atoms with Crippen LogP contribution in [0.1, 0.15) is 5.56 Å². The number of para-hydroxylation sites is 2. The number of hydrogen-bond acceptors (Lipinski definition) is 3. The second kappa shape index (κ2) is 5.43. The Balaban J connectivity index is 1.78. The molecule has 2 heterocycles. The number of pyridine rings is 1. The van der Waals surface area contributed by atoms with E-state index < -0.39 is 0 Å². The van der Waals surface area contributed by atoms with E-state index in [-0.39, 0.29) is 5.78 Å². The van der Waals surface area contributed by atoms with Crippen molar-refractivity contribution in [3.63, 3.8) is 0 Å². The Kier molecular flexibility index (Phi) is 3.48. The van der Waals surface area contributed by atoms with Crippen molar-refractivity contribution >= 4 is 28.4 Å².